The van der Waals surface area contributed by atoms with Crippen molar-refractivity contribution in [2.24, 2.45) is 5.14 Å². The average molecular weight is 342 g/mol. The van der Waals surface area contributed by atoms with Crippen LogP contribution in [0.1, 0.15) is 56.6 Å². The molecule has 4 heteroatoms. The SMILES string of the molecule is CC(C)(CC1CC2(CC2)c2cc(Br)ccc21)[S+](N)[O-]. The monoisotopic (exact) mass is 341 g/mol. The molecule has 0 saturated heterocycles. The van der Waals surface area contributed by atoms with Crippen LogP contribution in [0.4, 0.5) is 0 Å². The summed E-state index contributed by atoms with van der Waals surface area (Å²) in [7, 11) is 0. The van der Waals surface area contributed by atoms with E-state index in [1.54, 1.807) is 0 Å². The van der Waals surface area contributed by atoms with Crippen LogP contribution in [0.3, 0.4) is 0 Å². The number of fused-ring (bicyclic) bond motifs is 2. The predicted molar refractivity (Wildman–Crippen MR) is 83.4 cm³/mol. The summed E-state index contributed by atoms with van der Waals surface area (Å²) >= 11 is 2.31. The van der Waals surface area contributed by atoms with E-state index >= 15 is 0 Å². The van der Waals surface area contributed by atoms with Gasteiger partial charge in [-0.15, -0.1) is 0 Å². The molecular weight excluding hydrogens is 322 g/mol. The van der Waals surface area contributed by atoms with Gasteiger partial charge in [0.1, 0.15) is 4.75 Å². The van der Waals surface area contributed by atoms with Crippen LogP contribution < -0.4 is 5.14 Å². The van der Waals surface area contributed by atoms with Gasteiger partial charge in [-0.25, -0.2) is 0 Å². The highest BCUT2D eigenvalue weighted by atomic mass is 79.9. The third kappa shape index (κ3) is 2.37. The molecule has 2 N–H and O–H groups in total. The smallest absolute Gasteiger partial charge is 0.140 e. The maximum absolute atomic E-state index is 11.7. The van der Waals surface area contributed by atoms with E-state index < -0.39 is 11.4 Å². The Morgan fingerprint density at radius 1 is 1.47 bits per heavy atom. The summed E-state index contributed by atoms with van der Waals surface area (Å²) in [4.78, 5) is 0. The van der Waals surface area contributed by atoms with Crippen molar-refractivity contribution in [3.63, 3.8) is 0 Å². The molecule has 0 bridgehead atoms. The zero-order chi connectivity index (χ0) is 13.8. The molecule has 2 nitrogen and oxygen atoms in total. The number of benzene rings is 1. The van der Waals surface area contributed by atoms with E-state index in [1.807, 2.05) is 13.8 Å². The van der Waals surface area contributed by atoms with E-state index in [1.165, 1.54) is 34.9 Å². The molecule has 0 aliphatic heterocycles. The molecule has 1 saturated carbocycles. The van der Waals surface area contributed by atoms with E-state index in [0.29, 0.717) is 11.3 Å². The quantitative estimate of drug-likeness (QED) is 0.851. The van der Waals surface area contributed by atoms with Crippen molar-refractivity contribution in [3.8, 4) is 0 Å². The first-order valence-corrected chi connectivity index (χ1v) is 8.81. The minimum atomic E-state index is -1.27. The Kier molecular flexibility index (Phi) is 3.29. The van der Waals surface area contributed by atoms with Crippen molar-refractivity contribution in [1.82, 2.24) is 0 Å². The first kappa shape index (κ1) is 13.9. The number of nitrogens with two attached hydrogens (primary N) is 1. The van der Waals surface area contributed by atoms with Crippen LogP contribution in [-0.2, 0) is 16.8 Å². The summed E-state index contributed by atoms with van der Waals surface area (Å²) in [5.41, 5.74) is 3.40. The van der Waals surface area contributed by atoms with Gasteiger partial charge < -0.3 is 4.55 Å². The Labute approximate surface area is 126 Å². The van der Waals surface area contributed by atoms with Crippen LogP contribution in [0.5, 0.6) is 0 Å². The maximum Gasteiger partial charge on any atom is 0.140 e. The van der Waals surface area contributed by atoms with Crippen molar-refractivity contribution >= 4 is 27.3 Å². The van der Waals surface area contributed by atoms with Crippen LogP contribution in [-0.4, -0.2) is 9.30 Å². The van der Waals surface area contributed by atoms with Crippen LogP contribution in [0.2, 0.25) is 0 Å². The van der Waals surface area contributed by atoms with Gasteiger partial charge >= 0.3 is 0 Å². The zero-order valence-corrected chi connectivity index (χ0v) is 13.8. The Bertz CT molecular complexity index is 511. The van der Waals surface area contributed by atoms with Crippen molar-refractivity contribution in [2.45, 2.75) is 55.6 Å². The van der Waals surface area contributed by atoms with Crippen LogP contribution in [0.15, 0.2) is 22.7 Å². The summed E-state index contributed by atoms with van der Waals surface area (Å²) in [5.74, 6) is 0.507. The highest BCUT2D eigenvalue weighted by molar-refractivity contribution is 9.10. The highest BCUT2D eigenvalue weighted by Crippen LogP contribution is 2.62. The molecule has 2 unspecified atom stereocenters. The van der Waals surface area contributed by atoms with Gasteiger partial charge in [-0.2, -0.15) is 5.14 Å². The highest BCUT2D eigenvalue weighted by Gasteiger charge is 2.53. The molecule has 2 aliphatic rings. The Balaban J connectivity index is 1.91. The standard InChI is InChI=1S/C15H20BrNOS/c1-14(2,19(17)18)8-10-9-15(5-6-15)13-7-11(16)3-4-12(10)13/h3-4,7,10H,5-6,8-9,17H2,1-2H3. The third-order valence-electron chi connectivity index (χ3n) is 4.80. The third-order valence-corrected chi connectivity index (χ3v) is 6.55. The lowest BCUT2D eigenvalue weighted by Crippen LogP contribution is -2.38. The van der Waals surface area contributed by atoms with Gasteiger partial charge in [0.15, 0.2) is 0 Å². The van der Waals surface area contributed by atoms with E-state index in [-0.39, 0.29) is 4.75 Å². The van der Waals surface area contributed by atoms with Gasteiger partial charge in [0, 0.05) is 22.3 Å². The molecule has 0 heterocycles. The minimum absolute atomic E-state index is 0.310. The summed E-state index contributed by atoms with van der Waals surface area (Å²) < 4.78 is 12.5. The van der Waals surface area contributed by atoms with Crippen LogP contribution in [0, 0.1) is 0 Å². The molecule has 3 rings (SSSR count). The first-order valence-electron chi connectivity index (χ1n) is 6.80. The molecule has 2 atom stereocenters. The minimum Gasteiger partial charge on any atom is -0.598 e. The molecule has 0 radical (unpaired) electrons. The lowest BCUT2D eigenvalue weighted by molar-refractivity contribution is 0.464. The number of hydrogen-bond donors (Lipinski definition) is 1. The molecule has 2 aliphatic carbocycles. The lowest BCUT2D eigenvalue weighted by Gasteiger charge is -2.27. The second-order valence-corrected chi connectivity index (χ2v) is 9.29. The Morgan fingerprint density at radius 2 is 2.16 bits per heavy atom. The molecule has 1 spiro atoms. The normalized spacial score (nSPS) is 25.4. The second kappa shape index (κ2) is 4.48. The Hall–Kier alpha value is -0.0300. The lowest BCUT2D eigenvalue weighted by atomic mass is 9.90. The molecule has 1 aromatic rings. The summed E-state index contributed by atoms with van der Waals surface area (Å²) in [5, 5.41) is 5.64. The number of rotatable bonds is 3. The van der Waals surface area contributed by atoms with E-state index in [4.69, 9.17) is 5.14 Å². The van der Waals surface area contributed by atoms with Gasteiger partial charge in [-0.1, -0.05) is 22.0 Å². The fourth-order valence-corrected chi connectivity index (χ4v) is 4.24. The molecule has 1 fully saturated rings. The summed E-state index contributed by atoms with van der Waals surface area (Å²) in [6, 6.07) is 6.65. The van der Waals surface area contributed by atoms with Gasteiger partial charge in [-0.05, 0) is 67.7 Å². The van der Waals surface area contributed by atoms with Crippen LogP contribution >= 0.6 is 15.9 Å². The van der Waals surface area contributed by atoms with Crippen LogP contribution in [0.25, 0.3) is 0 Å². The number of halogens is 1. The van der Waals surface area contributed by atoms with Crippen molar-refractivity contribution in [3.05, 3.63) is 33.8 Å². The molecule has 1 aromatic carbocycles. The summed E-state index contributed by atoms with van der Waals surface area (Å²) in [6.07, 6.45) is 4.73. The predicted octanol–water partition coefficient (Wildman–Crippen LogP) is 3.76. The van der Waals surface area contributed by atoms with Gasteiger partial charge in [0.2, 0.25) is 0 Å². The maximum atomic E-state index is 11.7. The topological polar surface area (TPSA) is 49.1 Å². The molecular formula is C15H20BrNOS. The van der Waals surface area contributed by atoms with Crippen molar-refractivity contribution in [1.29, 1.82) is 0 Å². The molecule has 0 amide bonds. The van der Waals surface area contributed by atoms with E-state index in [9.17, 15) is 4.55 Å². The van der Waals surface area contributed by atoms with E-state index in [0.717, 1.165) is 6.42 Å². The molecule has 0 aromatic heterocycles. The average Bonchev–Trinajstić information content (AvgIpc) is 3.02. The zero-order valence-electron chi connectivity index (χ0n) is 11.4. The van der Waals surface area contributed by atoms with E-state index in [2.05, 4.69) is 34.1 Å². The van der Waals surface area contributed by atoms with Gasteiger partial charge in [0.25, 0.3) is 0 Å². The first-order chi connectivity index (χ1) is 8.84. The summed E-state index contributed by atoms with van der Waals surface area (Å²) in [6.45, 7) is 4.03. The van der Waals surface area contributed by atoms with Crippen molar-refractivity contribution in [2.75, 3.05) is 0 Å². The van der Waals surface area contributed by atoms with Gasteiger partial charge in [-0.3, -0.25) is 0 Å². The van der Waals surface area contributed by atoms with Gasteiger partial charge in [0.05, 0.1) is 0 Å². The number of hydrogen-bond acceptors (Lipinski definition) is 2. The second-order valence-electron chi connectivity index (χ2n) is 6.67. The van der Waals surface area contributed by atoms with Crippen molar-refractivity contribution < 1.29 is 4.55 Å². The fourth-order valence-electron chi connectivity index (χ4n) is 3.52. The largest absolute Gasteiger partial charge is 0.598 e. The molecule has 104 valence electrons. The Morgan fingerprint density at radius 3 is 2.74 bits per heavy atom. The molecule has 19 heavy (non-hydrogen) atoms. The fraction of sp³-hybridized carbons (Fsp3) is 0.600.